The molecule has 0 aliphatic carbocycles. The van der Waals surface area contributed by atoms with Crippen LogP contribution in [0.15, 0.2) is 24.3 Å². The number of halogens is 2. The minimum Gasteiger partial charge on any atom is -0.435 e. The average molecular weight is 356 g/mol. The van der Waals surface area contributed by atoms with E-state index in [0.717, 1.165) is 18.5 Å². The van der Waals surface area contributed by atoms with Gasteiger partial charge >= 0.3 is 6.61 Å². The predicted octanol–water partition coefficient (Wildman–Crippen LogP) is 0.816. The molecule has 0 radical (unpaired) electrons. The summed E-state index contributed by atoms with van der Waals surface area (Å²) in [5.41, 5.74) is 0.851. The van der Waals surface area contributed by atoms with Crippen LogP contribution in [-0.2, 0) is 11.3 Å². The number of ether oxygens (including phenoxy) is 1. The normalized spacial score (nSPS) is 24.8. The molecule has 1 aromatic carbocycles. The van der Waals surface area contributed by atoms with E-state index in [0.29, 0.717) is 19.5 Å². The smallest absolute Gasteiger partial charge is 0.387 e. The number of carbonyl (C=O) groups is 1. The minimum absolute atomic E-state index is 0.0473. The first-order valence-electron chi connectivity index (χ1n) is 8.34. The van der Waals surface area contributed by atoms with Gasteiger partial charge in [-0.3, -0.25) is 9.69 Å². The van der Waals surface area contributed by atoms with Crippen molar-refractivity contribution in [1.82, 2.24) is 9.80 Å². The van der Waals surface area contributed by atoms with Crippen LogP contribution < -0.4 is 4.74 Å². The lowest BCUT2D eigenvalue weighted by molar-refractivity contribution is -0.129. The molecule has 1 unspecified atom stereocenters. The monoisotopic (exact) mass is 356 g/mol. The highest BCUT2D eigenvalue weighted by Crippen LogP contribution is 2.33. The van der Waals surface area contributed by atoms with E-state index >= 15 is 0 Å². The number of aliphatic hydroxyl groups is 2. The van der Waals surface area contributed by atoms with Crippen molar-refractivity contribution in [2.45, 2.75) is 44.2 Å². The van der Waals surface area contributed by atoms with Crippen molar-refractivity contribution < 1.29 is 28.5 Å². The zero-order valence-corrected chi connectivity index (χ0v) is 13.7. The van der Waals surface area contributed by atoms with E-state index in [4.69, 9.17) is 5.11 Å². The molecule has 2 saturated heterocycles. The molecule has 3 atom stereocenters. The maximum Gasteiger partial charge on any atom is 0.387 e. The Bertz CT molecular complexity index is 599. The third-order valence-corrected chi connectivity index (χ3v) is 4.89. The minimum atomic E-state index is -2.86. The summed E-state index contributed by atoms with van der Waals surface area (Å²) in [7, 11) is 0. The highest BCUT2D eigenvalue weighted by Gasteiger charge is 2.46. The Labute approximate surface area is 144 Å². The van der Waals surface area contributed by atoms with E-state index in [2.05, 4.69) is 9.64 Å². The molecular formula is C17H22F2N2O4. The first-order valence-corrected chi connectivity index (χ1v) is 8.34. The van der Waals surface area contributed by atoms with Gasteiger partial charge in [0.15, 0.2) is 0 Å². The van der Waals surface area contributed by atoms with Crippen molar-refractivity contribution in [3.8, 4) is 5.75 Å². The van der Waals surface area contributed by atoms with Crippen molar-refractivity contribution >= 4 is 5.91 Å². The van der Waals surface area contributed by atoms with Crippen LogP contribution in [0, 0.1) is 0 Å². The first kappa shape index (κ1) is 18.0. The van der Waals surface area contributed by atoms with Gasteiger partial charge in [-0.1, -0.05) is 12.1 Å². The van der Waals surface area contributed by atoms with E-state index in [1.165, 1.54) is 12.1 Å². The lowest BCUT2D eigenvalue weighted by Gasteiger charge is -2.26. The molecule has 2 aliphatic heterocycles. The van der Waals surface area contributed by atoms with Gasteiger partial charge in [-0.2, -0.15) is 8.78 Å². The number of likely N-dealkylation sites (tertiary alicyclic amines) is 2. The second-order valence-electron chi connectivity index (χ2n) is 6.50. The highest BCUT2D eigenvalue weighted by molar-refractivity contribution is 5.80. The number of hydrogen-bond acceptors (Lipinski definition) is 5. The number of amides is 1. The second kappa shape index (κ2) is 7.63. The molecule has 2 heterocycles. The van der Waals surface area contributed by atoms with Crippen molar-refractivity contribution in [3.05, 3.63) is 29.8 Å². The summed E-state index contributed by atoms with van der Waals surface area (Å²) in [6.45, 7) is -1.59. The number of nitrogens with zero attached hydrogens (tertiary/aromatic N) is 2. The van der Waals surface area contributed by atoms with Crippen molar-refractivity contribution in [3.63, 3.8) is 0 Å². The van der Waals surface area contributed by atoms with Crippen LogP contribution in [0.1, 0.15) is 18.4 Å². The van der Waals surface area contributed by atoms with Gasteiger partial charge in [-0.25, -0.2) is 0 Å². The predicted molar refractivity (Wildman–Crippen MR) is 85.1 cm³/mol. The fourth-order valence-corrected chi connectivity index (χ4v) is 3.74. The zero-order chi connectivity index (χ0) is 18.0. The van der Waals surface area contributed by atoms with Crippen molar-refractivity contribution in [1.29, 1.82) is 0 Å². The van der Waals surface area contributed by atoms with Gasteiger partial charge in [0.05, 0.1) is 12.7 Å². The summed E-state index contributed by atoms with van der Waals surface area (Å²) in [6.07, 6.45) is 0.418. The Hall–Kier alpha value is -1.77. The fraction of sp³-hybridized carbons (Fsp3) is 0.588. The molecule has 138 valence electrons. The van der Waals surface area contributed by atoms with Crippen molar-refractivity contribution in [2.75, 3.05) is 19.7 Å². The SMILES string of the molecule is O=C1C[C@H]2[C@H](CCN2CC(O)CO)N1Cc1ccc(OC(F)F)cc1. The molecule has 1 aromatic rings. The van der Waals surface area contributed by atoms with Gasteiger partial charge in [0.2, 0.25) is 5.91 Å². The van der Waals surface area contributed by atoms with Crippen LogP contribution in [0.4, 0.5) is 8.78 Å². The molecule has 2 N–H and O–H groups in total. The fourth-order valence-electron chi connectivity index (χ4n) is 3.74. The third-order valence-electron chi connectivity index (χ3n) is 4.89. The lowest BCUT2D eigenvalue weighted by Crippen LogP contribution is -2.40. The van der Waals surface area contributed by atoms with Crippen LogP contribution >= 0.6 is 0 Å². The van der Waals surface area contributed by atoms with Gasteiger partial charge < -0.3 is 19.8 Å². The molecule has 0 bridgehead atoms. The van der Waals surface area contributed by atoms with Crippen LogP contribution in [0.2, 0.25) is 0 Å². The molecule has 0 aromatic heterocycles. The van der Waals surface area contributed by atoms with Crippen LogP contribution in [0.25, 0.3) is 0 Å². The topological polar surface area (TPSA) is 73.2 Å². The highest BCUT2D eigenvalue weighted by atomic mass is 19.3. The Morgan fingerprint density at radius 1 is 1.24 bits per heavy atom. The lowest BCUT2D eigenvalue weighted by atomic mass is 10.1. The maximum atomic E-state index is 12.4. The van der Waals surface area contributed by atoms with Crippen LogP contribution in [-0.4, -0.2) is 70.4 Å². The Kier molecular flexibility index (Phi) is 5.51. The largest absolute Gasteiger partial charge is 0.435 e. The second-order valence-corrected chi connectivity index (χ2v) is 6.50. The summed E-state index contributed by atoms with van der Waals surface area (Å²) in [5.74, 6) is 0.139. The Balaban J connectivity index is 1.62. The standard InChI is InChI=1S/C17H22F2N2O4/c18-17(19)25-13-3-1-11(2-4-13)8-21-14-5-6-20(9-12(23)10-22)15(14)7-16(21)24/h1-4,12,14-15,17,22-23H,5-10H2/t12?,14-,15-/m0/s1. The van der Waals surface area contributed by atoms with E-state index in [9.17, 15) is 18.7 Å². The molecule has 8 heteroatoms. The molecule has 6 nitrogen and oxygen atoms in total. The summed E-state index contributed by atoms with van der Waals surface area (Å²) >= 11 is 0. The van der Waals surface area contributed by atoms with Gasteiger partial charge in [-0.05, 0) is 24.1 Å². The molecule has 1 amide bonds. The molecule has 25 heavy (non-hydrogen) atoms. The summed E-state index contributed by atoms with van der Waals surface area (Å²) in [4.78, 5) is 16.2. The molecule has 2 aliphatic rings. The summed E-state index contributed by atoms with van der Waals surface area (Å²) in [6, 6.07) is 6.43. The third kappa shape index (κ3) is 4.08. The van der Waals surface area contributed by atoms with Gasteiger partial charge in [0.1, 0.15) is 5.75 Å². The number of carbonyl (C=O) groups excluding carboxylic acids is 1. The van der Waals surface area contributed by atoms with Gasteiger partial charge in [0.25, 0.3) is 0 Å². The van der Waals surface area contributed by atoms with E-state index in [-0.39, 0.29) is 30.3 Å². The zero-order valence-electron chi connectivity index (χ0n) is 13.7. The first-order chi connectivity index (χ1) is 12.0. The Morgan fingerprint density at radius 2 is 1.96 bits per heavy atom. The molecule has 0 saturated carbocycles. The van der Waals surface area contributed by atoms with E-state index < -0.39 is 12.7 Å². The average Bonchev–Trinajstić information content (AvgIpc) is 3.09. The Morgan fingerprint density at radius 3 is 2.60 bits per heavy atom. The number of hydrogen-bond donors (Lipinski definition) is 2. The molecular weight excluding hydrogens is 334 g/mol. The van der Waals surface area contributed by atoms with Gasteiger partial charge in [-0.15, -0.1) is 0 Å². The number of β-amino-alcohol motifs (C(OH)–C–C–N with tert-alkyl or cyclic N) is 1. The van der Waals surface area contributed by atoms with Crippen molar-refractivity contribution in [2.24, 2.45) is 0 Å². The summed E-state index contributed by atoms with van der Waals surface area (Å²) in [5, 5.41) is 18.6. The maximum absolute atomic E-state index is 12.4. The molecule has 3 rings (SSSR count). The molecule has 2 fully saturated rings. The quantitative estimate of drug-likeness (QED) is 0.757. The van der Waals surface area contributed by atoms with Crippen LogP contribution in [0.3, 0.4) is 0 Å². The number of benzene rings is 1. The van der Waals surface area contributed by atoms with E-state index in [1.54, 1.807) is 12.1 Å². The molecule has 0 spiro atoms. The number of aliphatic hydroxyl groups excluding tert-OH is 2. The number of alkyl halides is 2. The van der Waals surface area contributed by atoms with Gasteiger partial charge in [0, 0.05) is 38.1 Å². The summed E-state index contributed by atoms with van der Waals surface area (Å²) < 4.78 is 28.7. The van der Waals surface area contributed by atoms with Crippen LogP contribution in [0.5, 0.6) is 5.75 Å². The number of rotatable bonds is 7. The van der Waals surface area contributed by atoms with E-state index in [1.807, 2.05) is 4.90 Å². The number of fused-ring (bicyclic) bond motifs is 1.